The van der Waals surface area contributed by atoms with Crippen molar-refractivity contribution in [2.45, 2.75) is 32.2 Å². The van der Waals surface area contributed by atoms with E-state index in [0.717, 1.165) is 17.4 Å². The van der Waals surface area contributed by atoms with Gasteiger partial charge in [-0.2, -0.15) is 0 Å². The summed E-state index contributed by atoms with van der Waals surface area (Å²) < 4.78 is 5.65. The fourth-order valence-corrected chi connectivity index (χ4v) is 3.02. The molecule has 1 aliphatic heterocycles. The summed E-state index contributed by atoms with van der Waals surface area (Å²) in [5.41, 5.74) is 1.44. The number of amides is 1. The summed E-state index contributed by atoms with van der Waals surface area (Å²) in [6, 6.07) is 8.09. The lowest BCUT2D eigenvalue weighted by Crippen LogP contribution is -2.43. The van der Waals surface area contributed by atoms with E-state index in [1.807, 2.05) is 12.1 Å². The molecule has 1 atom stereocenters. The van der Waals surface area contributed by atoms with Crippen LogP contribution in [0.4, 0.5) is 0 Å². The SMILES string of the molecule is CC(C)(C)c1ccc(OCCNC(=O)C2CSCN2)cc1.Cl. The summed E-state index contributed by atoms with van der Waals surface area (Å²) in [4.78, 5) is 11.8. The summed E-state index contributed by atoms with van der Waals surface area (Å²) in [6.45, 7) is 7.58. The molecule has 1 aliphatic rings. The van der Waals surface area contributed by atoms with Gasteiger partial charge in [0.05, 0.1) is 12.6 Å². The third-order valence-corrected chi connectivity index (χ3v) is 4.36. The fourth-order valence-electron chi connectivity index (χ4n) is 2.08. The van der Waals surface area contributed by atoms with Crippen molar-refractivity contribution in [3.05, 3.63) is 29.8 Å². The zero-order chi connectivity index (χ0) is 15.3. The monoisotopic (exact) mass is 344 g/mol. The van der Waals surface area contributed by atoms with Gasteiger partial charge in [-0.05, 0) is 23.1 Å². The Balaban J connectivity index is 0.00000242. The number of carbonyl (C=O) groups excluding carboxylic acids is 1. The second-order valence-corrected chi connectivity index (χ2v) is 7.22. The molecule has 0 bridgehead atoms. The van der Waals surface area contributed by atoms with Crippen LogP contribution in [0.15, 0.2) is 24.3 Å². The third kappa shape index (κ3) is 5.71. The Morgan fingerprint density at radius 1 is 1.36 bits per heavy atom. The Kier molecular flexibility index (Phi) is 7.53. The molecule has 6 heteroatoms. The van der Waals surface area contributed by atoms with Gasteiger partial charge in [0, 0.05) is 11.6 Å². The number of carbonyl (C=O) groups is 1. The number of halogens is 1. The molecular weight excluding hydrogens is 320 g/mol. The van der Waals surface area contributed by atoms with Crippen LogP contribution in [-0.4, -0.2) is 36.7 Å². The quantitative estimate of drug-likeness (QED) is 0.806. The van der Waals surface area contributed by atoms with Gasteiger partial charge >= 0.3 is 0 Å². The number of rotatable bonds is 5. The van der Waals surface area contributed by atoms with Gasteiger partial charge in [-0.25, -0.2) is 0 Å². The molecule has 124 valence electrons. The zero-order valence-electron chi connectivity index (χ0n) is 13.3. The molecule has 0 saturated carbocycles. The largest absolute Gasteiger partial charge is 0.492 e. The van der Waals surface area contributed by atoms with Crippen molar-refractivity contribution < 1.29 is 9.53 Å². The Morgan fingerprint density at radius 2 is 2.05 bits per heavy atom. The molecule has 1 fully saturated rings. The number of nitrogens with one attached hydrogen (secondary N) is 2. The first kappa shape index (κ1) is 19.1. The normalized spacial score (nSPS) is 17.7. The van der Waals surface area contributed by atoms with Crippen LogP contribution in [-0.2, 0) is 10.2 Å². The highest BCUT2D eigenvalue weighted by atomic mass is 35.5. The first-order valence-electron chi connectivity index (χ1n) is 7.29. The van der Waals surface area contributed by atoms with Crippen molar-refractivity contribution in [2.24, 2.45) is 0 Å². The molecule has 0 spiro atoms. The Bertz CT molecular complexity index is 468. The second kappa shape index (κ2) is 8.65. The Morgan fingerprint density at radius 3 is 2.59 bits per heavy atom. The predicted molar refractivity (Wildman–Crippen MR) is 95.1 cm³/mol. The summed E-state index contributed by atoms with van der Waals surface area (Å²) in [7, 11) is 0. The van der Waals surface area contributed by atoms with E-state index in [1.54, 1.807) is 11.8 Å². The molecule has 0 aliphatic carbocycles. The van der Waals surface area contributed by atoms with E-state index in [4.69, 9.17) is 4.74 Å². The van der Waals surface area contributed by atoms with Crippen LogP contribution in [0.25, 0.3) is 0 Å². The molecule has 1 saturated heterocycles. The molecule has 0 radical (unpaired) electrons. The van der Waals surface area contributed by atoms with Gasteiger partial charge in [0.1, 0.15) is 12.4 Å². The van der Waals surface area contributed by atoms with Crippen molar-refractivity contribution in [1.82, 2.24) is 10.6 Å². The summed E-state index contributed by atoms with van der Waals surface area (Å²) in [6.07, 6.45) is 0. The van der Waals surface area contributed by atoms with Gasteiger partial charge in [0.2, 0.25) is 5.91 Å². The second-order valence-electron chi connectivity index (χ2n) is 6.19. The van der Waals surface area contributed by atoms with Crippen LogP contribution in [0.3, 0.4) is 0 Å². The van der Waals surface area contributed by atoms with E-state index in [0.29, 0.717) is 13.2 Å². The average Bonchev–Trinajstić information content (AvgIpc) is 2.97. The van der Waals surface area contributed by atoms with Crippen LogP contribution in [0.5, 0.6) is 5.75 Å². The summed E-state index contributed by atoms with van der Waals surface area (Å²) in [5.74, 6) is 2.61. The van der Waals surface area contributed by atoms with Gasteiger partial charge in [-0.15, -0.1) is 24.2 Å². The molecule has 2 rings (SSSR count). The maximum absolute atomic E-state index is 11.8. The van der Waals surface area contributed by atoms with E-state index in [2.05, 4.69) is 43.5 Å². The molecule has 4 nitrogen and oxygen atoms in total. The minimum atomic E-state index is -0.0546. The fraction of sp³-hybridized carbons (Fsp3) is 0.562. The molecule has 1 unspecified atom stereocenters. The van der Waals surface area contributed by atoms with Gasteiger partial charge in [-0.3, -0.25) is 10.1 Å². The number of ether oxygens (including phenoxy) is 1. The van der Waals surface area contributed by atoms with Gasteiger partial charge in [0.15, 0.2) is 0 Å². The molecule has 1 amide bonds. The maximum atomic E-state index is 11.8. The van der Waals surface area contributed by atoms with Crippen LogP contribution in [0.1, 0.15) is 26.3 Å². The first-order valence-corrected chi connectivity index (χ1v) is 8.44. The van der Waals surface area contributed by atoms with Crippen molar-refractivity contribution in [1.29, 1.82) is 0 Å². The Labute approximate surface area is 143 Å². The van der Waals surface area contributed by atoms with Crippen LogP contribution < -0.4 is 15.4 Å². The third-order valence-electron chi connectivity index (χ3n) is 3.42. The maximum Gasteiger partial charge on any atom is 0.238 e. The Hall–Kier alpha value is -0.910. The van der Waals surface area contributed by atoms with E-state index < -0.39 is 0 Å². The lowest BCUT2D eigenvalue weighted by Gasteiger charge is -2.19. The average molecular weight is 345 g/mol. The molecule has 1 aromatic carbocycles. The molecular formula is C16H25ClN2O2S. The molecule has 2 N–H and O–H groups in total. The standard InChI is InChI=1S/C16H24N2O2S.ClH/c1-16(2,3)12-4-6-13(7-5-12)20-9-8-17-15(19)14-10-21-11-18-14;/h4-7,14,18H,8-11H2,1-3H3,(H,17,19);1H. The predicted octanol–water partition coefficient (Wildman–Crippen LogP) is 2.56. The van der Waals surface area contributed by atoms with E-state index in [9.17, 15) is 4.79 Å². The highest BCUT2D eigenvalue weighted by Gasteiger charge is 2.21. The summed E-state index contributed by atoms with van der Waals surface area (Å²) in [5, 5.41) is 6.04. The summed E-state index contributed by atoms with van der Waals surface area (Å²) >= 11 is 1.75. The topological polar surface area (TPSA) is 50.4 Å². The van der Waals surface area contributed by atoms with Crippen molar-refractivity contribution >= 4 is 30.1 Å². The highest BCUT2D eigenvalue weighted by Crippen LogP contribution is 2.24. The smallest absolute Gasteiger partial charge is 0.238 e. The number of thioether (sulfide) groups is 1. The minimum absolute atomic E-state index is 0. The molecule has 0 aromatic heterocycles. The van der Waals surface area contributed by atoms with Crippen molar-refractivity contribution in [3.63, 3.8) is 0 Å². The number of hydrogen-bond acceptors (Lipinski definition) is 4. The minimum Gasteiger partial charge on any atom is -0.492 e. The van der Waals surface area contributed by atoms with E-state index >= 15 is 0 Å². The molecule has 1 heterocycles. The van der Waals surface area contributed by atoms with Crippen LogP contribution in [0, 0.1) is 0 Å². The molecule has 1 aromatic rings. The van der Waals surface area contributed by atoms with Crippen LogP contribution in [0.2, 0.25) is 0 Å². The van der Waals surface area contributed by atoms with Gasteiger partial charge in [-0.1, -0.05) is 32.9 Å². The lowest BCUT2D eigenvalue weighted by molar-refractivity contribution is -0.122. The number of hydrogen-bond donors (Lipinski definition) is 2. The van der Waals surface area contributed by atoms with E-state index in [-0.39, 0.29) is 29.8 Å². The van der Waals surface area contributed by atoms with Crippen LogP contribution >= 0.6 is 24.2 Å². The zero-order valence-corrected chi connectivity index (χ0v) is 15.0. The van der Waals surface area contributed by atoms with E-state index in [1.165, 1.54) is 5.56 Å². The van der Waals surface area contributed by atoms with Gasteiger partial charge in [0.25, 0.3) is 0 Å². The first-order chi connectivity index (χ1) is 9.97. The highest BCUT2D eigenvalue weighted by molar-refractivity contribution is 7.99. The van der Waals surface area contributed by atoms with Gasteiger partial charge < -0.3 is 10.1 Å². The number of benzene rings is 1. The van der Waals surface area contributed by atoms with Crippen molar-refractivity contribution in [3.8, 4) is 5.75 Å². The molecule has 22 heavy (non-hydrogen) atoms. The lowest BCUT2D eigenvalue weighted by atomic mass is 9.87. The van der Waals surface area contributed by atoms with Crippen molar-refractivity contribution in [2.75, 3.05) is 24.8 Å².